The van der Waals surface area contributed by atoms with Crippen LogP contribution in [0.5, 0.6) is 0 Å². The molecule has 0 spiro atoms. The highest BCUT2D eigenvalue weighted by Gasteiger charge is 2.41. The summed E-state index contributed by atoms with van der Waals surface area (Å²) in [5.41, 5.74) is 0. The largest absolute Gasteiger partial charge is 0.490 e. The number of carbonyl (C=O) groups excluding carboxylic acids is 1. The number of hydrogen-bond acceptors (Lipinski definition) is 6. The van der Waals surface area contributed by atoms with Crippen molar-refractivity contribution in [1.29, 1.82) is 0 Å². The number of nitrogens with one attached hydrogen (secondary N) is 1. The van der Waals surface area contributed by atoms with E-state index in [9.17, 15) is 18.0 Å². The van der Waals surface area contributed by atoms with Crippen molar-refractivity contribution >= 4 is 23.2 Å². The average Bonchev–Trinajstić information content (AvgIpc) is 3.32. The molecular weight excluding hydrogens is 413 g/mol. The van der Waals surface area contributed by atoms with Crippen LogP contribution in [0, 0.1) is 0 Å². The number of halogens is 3. The maximum atomic E-state index is 12.1. The van der Waals surface area contributed by atoms with Crippen molar-refractivity contribution in [2.24, 2.45) is 0 Å². The van der Waals surface area contributed by atoms with Crippen LogP contribution in [0.3, 0.4) is 0 Å². The molecule has 2 fully saturated rings. The minimum atomic E-state index is -5.08. The Morgan fingerprint density at radius 3 is 2.69 bits per heavy atom. The van der Waals surface area contributed by atoms with Crippen LogP contribution in [-0.2, 0) is 25.6 Å². The Kier molecular flexibility index (Phi) is 8.87. The van der Waals surface area contributed by atoms with Gasteiger partial charge in [0.25, 0.3) is 0 Å². The van der Waals surface area contributed by atoms with Gasteiger partial charge in [-0.25, -0.2) is 4.79 Å². The highest BCUT2D eigenvalue weighted by molar-refractivity contribution is 7.09. The number of methoxy groups -OCH3 is 1. The van der Waals surface area contributed by atoms with Crippen LogP contribution in [0.2, 0.25) is 0 Å². The zero-order valence-electron chi connectivity index (χ0n) is 16.0. The second kappa shape index (κ2) is 10.9. The molecule has 11 heteroatoms. The Bertz CT molecular complexity index is 656. The third kappa shape index (κ3) is 7.25. The van der Waals surface area contributed by atoms with Gasteiger partial charge in [-0.1, -0.05) is 6.07 Å². The van der Waals surface area contributed by atoms with E-state index < -0.39 is 12.1 Å². The molecule has 7 nitrogen and oxygen atoms in total. The van der Waals surface area contributed by atoms with Gasteiger partial charge in [-0.2, -0.15) is 13.2 Å². The second-order valence-electron chi connectivity index (χ2n) is 6.73. The lowest BCUT2D eigenvalue weighted by atomic mass is 9.98. The third-order valence-electron chi connectivity index (χ3n) is 4.74. The number of fused-ring (bicyclic) bond motifs is 1. The van der Waals surface area contributed by atoms with Crippen LogP contribution in [0.4, 0.5) is 13.2 Å². The number of amides is 1. The zero-order valence-corrected chi connectivity index (χ0v) is 16.8. The molecule has 29 heavy (non-hydrogen) atoms. The van der Waals surface area contributed by atoms with Gasteiger partial charge in [0.05, 0.1) is 12.7 Å². The lowest BCUT2D eigenvalue weighted by molar-refractivity contribution is -0.192. The van der Waals surface area contributed by atoms with Crippen LogP contribution in [0.15, 0.2) is 17.5 Å². The predicted octanol–water partition coefficient (Wildman–Crippen LogP) is 2.27. The van der Waals surface area contributed by atoms with Crippen LogP contribution in [0.25, 0.3) is 0 Å². The van der Waals surface area contributed by atoms with Gasteiger partial charge < -0.3 is 19.9 Å². The van der Waals surface area contributed by atoms with Crippen molar-refractivity contribution in [1.82, 2.24) is 10.2 Å². The van der Waals surface area contributed by atoms with E-state index in [1.807, 2.05) is 11.3 Å². The molecule has 2 aliphatic rings. The van der Waals surface area contributed by atoms with Crippen molar-refractivity contribution in [3.63, 3.8) is 0 Å². The fraction of sp³-hybridized carbons (Fsp3) is 0.667. The van der Waals surface area contributed by atoms with Crippen LogP contribution < -0.4 is 5.32 Å². The lowest BCUT2D eigenvalue weighted by Gasteiger charge is -2.35. The normalized spacial score (nSPS) is 24.3. The molecule has 3 atom stereocenters. The topological polar surface area (TPSA) is 88.1 Å². The summed E-state index contributed by atoms with van der Waals surface area (Å²) in [7, 11) is 1.63. The van der Waals surface area contributed by atoms with E-state index in [1.165, 1.54) is 4.88 Å². The Labute approximate surface area is 170 Å². The van der Waals surface area contributed by atoms with E-state index in [0.717, 1.165) is 32.4 Å². The summed E-state index contributed by atoms with van der Waals surface area (Å²) in [6, 6.07) is 4.75. The third-order valence-corrected chi connectivity index (χ3v) is 5.60. The fourth-order valence-electron chi connectivity index (χ4n) is 3.40. The summed E-state index contributed by atoms with van der Waals surface area (Å²) in [4.78, 5) is 24.9. The molecule has 0 bridgehead atoms. The molecule has 2 aliphatic heterocycles. The summed E-state index contributed by atoms with van der Waals surface area (Å²) in [6.45, 7) is 3.16. The van der Waals surface area contributed by atoms with Gasteiger partial charge in [0.15, 0.2) is 0 Å². The highest BCUT2D eigenvalue weighted by atomic mass is 32.1. The number of ether oxygens (including phenoxy) is 2. The summed E-state index contributed by atoms with van der Waals surface area (Å²) in [5, 5.41) is 12.1. The number of aliphatic carboxylic acids is 1. The Morgan fingerprint density at radius 1 is 1.38 bits per heavy atom. The number of nitrogens with zero attached hydrogens (tertiary/aromatic N) is 1. The van der Waals surface area contributed by atoms with Crippen molar-refractivity contribution in [2.75, 3.05) is 26.8 Å². The first-order valence-electron chi connectivity index (χ1n) is 9.21. The van der Waals surface area contributed by atoms with E-state index in [2.05, 4.69) is 27.7 Å². The van der Waals surface area contributed by atoms with Gasteiger partial charge in [0, 0.05) is 37.7 Å². The maximum absolute atomic E-state index is 12.1. The van der Waals surface area contributed by atoms with E-state index in [-0.39, 0.29) is 18.1 Å². The van der Waals surface area contributed by atoms with Gasteiger partial charge >= 0.3 is 12.1 Å². The maximum Gasteiger partial charge on any atom is 0.490 e. The highest BCUT2D eigenvalue weighted by Crippen LogP contribution is 2.33. The number of hydrogen-bond donors (Lipinski definition) is 2. The van der Waals surface area contributed by atoms with Crippen molar-refractivity contribution < 1.29 is 37.3 Å². The van der Waals surface area contributed by atoms with Gasteiger partial charge in [-0.05, 0) is 30.7 Å². The predicted molar refractivity (Wildman–Crippen MR) is 99.6 cm³/mol. The molecule has 0 unspecified atom stereocenters. The molecule has 1 amide bonds. The molecule has 2 saturated heterocycles. The SMILES string of the molecule is COCCNC(=O)[C@H]1CC[C@@H]2[C@@H](CCN2Cc2cccs2)O1.O=C(O)C(F)(F)F. The van der Waals surface area contributed by atoms with Crippen LogP contribution >= 0.6 is 11.3 Å². The molecule has 1 aromatic rings. The number of carboxylic acid groups (broad SMARTS) is 1. The van der Waals surface area contributed by atoms with E-state index in [0.29, 0.717) is 19.2 Å². The first-order valence-corrected chi connectivity index (χ1v) is 10.1. The minimum absolute atomic E-state index is 0.00667. The van der Waals surface area contributed by atoms with Gasteiger partial charge in [0.1, 0.15) is 6.10 Å². The van der Waals surface area contributed by atoms with Crippen molar-refractivity contribution in [3.05, 3.63) is 22.4 Å². The lowest BCUT2D eigenvalue weighted by Crippen LogP contribution is -2.48. The molecule has 164 valence electrons. The average molecular weight is 438 g/mol. The quantitative estimate of drug-likeness (QED) is 0.663. The Balaban J connectivity index is 0.000000370. The molecule has 0 aliphatic carbocycles. The first-order chi connectivity index (χ1) is 13.7. The van der Waals surface area contributed by atoms with Gasteiger partial charge in [-0.15, -0.1) is 11.3 Å². The Morgan fingerprint density at radius 2 is 2.10 bits per heavy atom. The number of likely N-dealkylation sites (tertiary alicyclic amines) is 1. The minimum Gasteiger partial charge on any atom is -0.475 e. The molecule has 0 saturated carbocycles. The Hall–Kier alpha value is -1.69. The molecule has 3 rings (SSSR count). The number of thiophene rings is 1. The van der Waals surface area contributed by atoms with Crippen LogP contribution in [0.1, 0.15) is 24.1 Å². The number of carbonyl (C=O) groups is 2. The van der Waals surface area contributed by atoms with Gasteiger partial charge in [0.2, 0.25) is 5.91 Å². The fourth-order valence-corrected chi connectivity index (χ4v) is 4.13. The van der Waals surface area contributed by atoms with Gasteiger partial charge in [-0.3, -0.25) is 9.69 Å². The molecule has 0 radical (unpaired) electrons. The zero-order chi connectivity index (χ0) is 21.4. The first kappa shape index (κ1) is 23.6. The number of rotatable bonds is 6. The van der Waals surface area contributed by atoms with Crippen molar-refractivity contribution in [3.8, 4) is 0 Å². The van der Waals surface area contributed by atoms with Crippen LogP contribution in [-0.4, -0.2) is 73.1 Å². The smallest absolute Gasteiger partial charge is 0.475 e. The molecule has 2 N–H and O–H groups in total. The molecule has 3 heterocycles. The summed E-state index contributed by atoms with van der Waals surface area (Å²) >= 11 is 1.81. The number of alkyl halides is 3. The second-order valence-corrected chi connectivity index (χ2v) is 7.77. The standard InChI is InChI=1S/C16H24N2O3S.C2HF3O2/c1-20-9-7-17-16(19)15-5-4-13-14(21-15)6-8-18(13)11-12-3-2-10-22-12;3-2(4,5)1(6)7/h2-3,10,13-15H,4-9,11H2,1H3,(H,17,19);(H,6,7)/t13-,14-,15-;/m1./s1. The molecule has 0 aromatic carbocycles. The van der Waals surface area contributed by atoms with E-state index in [1.54, 1.807) is 7.11 Å². The van der Waals surface area contributed by atoms with E-state index >= 15 is 0 Å². The summed E-state index contributed by atoms with van der Waals surface area (Å²) < 4.78 is 42.7. The van der Waals surface area contributed by atoms with E-state index in [4.69, 9.17) is 19.4 Å². The summed E-state index contributed by atoms with van der Waals surface area (Å²) in [6.07, 6.45) is -2.30. The molecular formula is C18H25F3N2O5S. The van der Waals surface area contributed by atoms with Crippen molar-refractivity contribution in [2.45, 2.75) is 50.2 Å². The number of carboxylic acids is 1. The molecule has 1 aromatic heterocycles. The summed E-state index contributed by atoms with van der Waals surface area (Å²) in [5.74, 6) is -2.75. The monoisotopic (exact) mass is 438 g/mol.